The minimum absolute atomic E-state index is 0.0240. The molecule has 9 atom stereocenters. The first kappa shape index (κ1) is 34.6. The highest BCUT2D eigenvalue weighted by molar-refractivity contribution is 5.95. The van der Waals surface area contributed by atoms with Gasteiger partial charge in [0, 0.05) is 24.3 Å². The number of hydrogen-bond acceptors (Lipinski definition) is 4. The van der Waals surface area contributed by atoms with Crippen LogP contribution in [0.15, 0.2) is 11.6 Å². The predicted molar refractivity (Wildman–Crippen MR) is 178 cm³/mol. The summed E-state index contributed by atoms with van der Waals surface area (Å²) in [5.74, 6) is 0.312. The van der Waals surface area contributed by atoms with Gasteiger partial charge in [-0.25, -0.2) is 0 Å². The van der Waals surface area contributed by atoms with Crippen LogP contribution in [0.25, 0.3) is 0 Å². The van der Waals surface area contributed by atoms with E-state index in [0.29, 0.717) is 18.2 Å². The van der Waals surface area contributed by atoms with E-state index in [-0.39, 0.29) is 57.3 Å². The number of aliphatic hydroxyl groups is 1. The molecule has 3 N–H and O–H groups in total. The average Bonchev–Trinajstić information content (AvgIpc) is 2.96. The zero-order valence-corrected chi connectivity index (χ0v) is 29.5. The molecule has 0 spiro atoms. The highest BCUT2D eigenvalue weighted by atomic mass is 16.4. The van der Waals surface area contributed by atoms with E-state index >= 15 is 0 Å². The van der Waals surface area contributed by atoms with Crippen molar-refractivity contribution in [3.8, 4) is 0 Å². The Morgan fingerprint density at radius 3 is 2.18 bits per heavy atom. The summed E-state index contributed by atoms with van der Waals surface area (Å²) in [6.07, 6.45) is 16.6. The van der Waals surface area contributed by atoms with E-state index in [2.05, 4.69) is 59.9 Å². The molecule has 5 aliphatic rings. The van der Waals surface area contributed by atoms with Gasteiger partial charge in [0.25, 0.3) is 0 Å². The number of carbonyl (C=O) groups excluding carboxylic acids is 2. The van der Waals surface area contributed by atoms with Gasteiger partial charge in [0.05, 0.1) is 6.10 Å². The third-order valence-electron chi connectivity index (χ3n) is 15.2. The van der Waals surface area contributed by atoms with Crippen LogP contribution in [0.3, 0.4) is 0 Å². The molecule has 0 radical (unpaired) electrons. The monoisotopic (exact) mass is 625 g/mol. The Morgan fingerprint density at radius 1 is 0.844 bits per heavy atom. The molecule has 0 aromatic rings. The number of rotatable bonds is 10. The predicted octanol–water partition coefficient (Wildman–Crippen LogP) is 8.26. The molecule has 45 heavy (non-hydrogen) atoms. The summed E-state index contributed by atoms with van der Waals surface area (Å²) in [7, 11) is 0. The van der Waals surface area contributed by atoms with Crippen LogP contribution in [-0.4, -0.2) is 40.5 Å². The SMILES string of the molecule is CC1(C)[C@@H](O)CC[C@]2(C)[C@H]3C(=O)C=C4[C@@H]5C[C@@](C)(C(=O)NCCCCCCCCC(=O)O)CC[C@]5(C)CC[C@@]4(C)[C@]3(C)CC[C@@H]12. The number of fused-ring (bicyclic) bond motifs is 7. The number of unbranched alkanes of at least 4 members (excludes halogenated alkanes) is 5. The van der Waals surface area contributed by atoms with Gasteiger partial charge < -0.3 is 15.5 Å². The van der Waals surface area contributed by atoms with Crippen LogP contribution in [0.4, 0.5) is 0 Å². The van der Waals surface area contributed by atoms with E-state index in [9.17, 15) is 19.5 Å². The first-order valence-electron chi connectivity index (χ1n) is 18.4. The fourth-order valence-corrected chi connectivity index (χ4v) is 11.9. The molecular weight excluding hydrogens is 562 g/mol. The van der Waals surface area contributed by atoms with Crippen LogP contribution in [0.5, 0.6) is 0 Å². The first-order valence-corrected chi connectivity index (χ1v) is 18.4. The third-order valence-corrected chi connectivity index (χ3v) is 15.2. The minimum Gasteiger partial charge on any atom is -0.481 e. The summed E-state index contributed by atoms with van der Waals surface area (Å²) in [6, 6.07) is 0. The van der Waals surface area contributed by atoms with Gasteiger partial charge in [-0.2, -0.15) is 0 Å². The average molecular weight is 626 g/mol. The largest absolute Gasteiger partial charge is 0.481 e. The molecule has 0 unspecified atom stereocenters. The molecule has 4 saturated carbocycles. The molecule has 5 aliphatic carbocycles. The lowest BCUT2D eigenvalue weighted by atomic mass is 9.33. The number of aliphatic hydroxyl groups excluding tert-OH is 1. The molecular formula is C39H63NO5. The molecule has 254 valence electrons. The highest BCUT2D eigenvalue weighted by Gasteiger charge is 2.70. The van der Waals surface area contributed by atoms with Crippen molar-refractivity contribution in [3.05, 3.63) is 11.6 Å². The molecule has 0 aliphatic heterocycles. The summed E-state index contributed by atoms with van der Waals surface area (Å²) in [4.78, 5) is 39.0. The molecule has 0 saturated heterocycles. The summed E-state index contributed by atoms with van der Waals surface area (Å²) in [5.41, 5.74) is 0.537. The normalized spacial score (nSPS) is 43.6. The van der Waals surface area contributed by atoms with Gasteiger partial charge in [-0.3, -0.25) is 14.4 Å². The van der Waals surface area contributed by atoms with Crippen LogP contribution in [0.2, 0.25) is 0 Å². The molecule has 6 heteroatoms. The molecule has 6 nitrogen and oxygen atoms in total. The smallest absolute Gasteiger partial charge is 0.303 e. The molecule has 0 bridgehead atoms. The van der Waals surface area contributed by atoms with E-state index in [1.807, 2.05) is 0 Å². The fourth-order valence-electron chi connectivity index (χ4n) is 11.9. The number of ketones is 1. The van der Waals surface area contributed by atoms with Gasteiger partial charge in [-0.1, -0.05) is 79.7 Å². The number of carboxylic acid groups (broad SMARTS) is 1. The number of allylic oxidation sites excluding steroid dienone is 2. The Hall–Kier alpha value is -1.69. The lowest BCUT2D eigenvalue weighted by Crippen LogP contribution is -2.66. The number of carboxylic acids is 1. The van der Waals surface area contributed by atoms with Crippen molar-refractivity contribution in [2.75, 3.05) is 6.54 Å². The summed E-state index contributed by atoms with van der Waals surface area (Å²) in [5, 5.41) is 23.1. The van der Waals surface area contributed by atoms with Crippen molar-refractivity contribution in [2.24, 2.45) is 50.2 Å². The van der Waals surface area contributed by atoms with E-state index in [1.54, 1.807) is 0 Å². The first-order chi connectivity index (χ1) is 20.9. The zero-order valence-electron chi connectivity index (χ0n) is 29.5. The van der Waals surface area contributed by atoms with Crippen molar-refractivity contribution < 1.29 is 24.6 Å². The Balaban J connectivity index is 1.30. The van der Waals surface area contributed by atoms with Gasteiger partial charge >= 0.3 is 5.97 Å². The quantitative estimate of drug-likeness (QED) is 0.212. The summed E-state index contributed by atoms with van der Waals surface area (Å²) < 4.78 is 0. The van der Waals surface area contributed by atoms with Crippen molar-refractivity contribution in [1.29, 1.82) is 0 Å². The van der Waals surface area contributed by atoms with Gasteiger partial charge in [0.2, 0.25) is 5.91 Å². The number of amides is 1. The van der Waals surface area contributed by atoms with E-state index in [1.165, 1.54) is 5.57 Å². The second-order valence-corrected chi connectivity index (χ2v) is 18.1. The van der Waals surface area contributed by atoms with Crippen molar-refractivity contribution >= 4 is 17.7 Å². The molecule has 1 amide bonds. The Kier molecular flexibility index (Phi) is 9.30. The standard InChI is InChI=1S/C39H63NO5/c1-34(2)29-15-18-39(7)32(37(29,5)17-16-30(34)42)28(41)24-26-27-25-36(4,20-19-35(27,3)21-22-38(26,39)6)33(45)40-23-13-11-9-8-10-12-14-31(43)44/h24,27,29-30,32,42H,8-23,25H2,1-7H3,(H,40,45)(H,43,44)/t27-,29-,30-,32+,35+,36-,37-,38+,39+/m0/s1. The fraction of sp³-hybridized carbons (Fsp3) is 0.872. The highest BCUT2D eigenvalue weighted by Crippen LogP contribution is 2.75. The number of aliphatic carboxylic acids is 1. The van der Waals surface area contributed by atoms with Gasteiger partial charge in [-0.05, 0) is 116 Å². The van der Waals surface area contributed by atoms with E-state index in [4.69, 9.17) is 5.11 Å². The van der Waals surface area contributed by atoms with Crippen LogP contribution >= 0.6 is 0 Å². The maximum atomic E-state index is 14.5. The Morgan fingerprint density at radius 2 is 1.49 bits per heavy atom. The van der Waals surface area contributed by atoms with Crippen LogP contribution in [-0.2, 0) is 14.4 Å². The van der Waals surface area contributed by atoms with Gasteiger partial charge in [0.1, 0.15) is 0 Å². The third kappa shape index (κ3) is 5.65. The van der Waals surface area contributed by atoms with Crippen molar-refractivity contribution in [1.82, 2.24) is 5.32 Å². The number of nitrogens with one attached hydrogen (secondary N) is 1. The summed E-state index contributed by atoms with van der Waals surface area (Å²) in [6.45, 7) is 17.0. The zero-order chi connectivity index (χ0) is 33.1. The minimum atomic E-state index is -0.719. The molecule has 5 rings (SSSR count). The molecule has 0 aromatic carbocycles. The Bertz CT molecular complexity index is 1210. The number of hydrogen-bond donors (Lipinski definition) is 3. The lowest BCUT2D eigenvalue weighted by Gasteiger charge is -2.70. The topological polar surface area (TPSA) is 104 Å². The molecule has 4 fully saturated rings. The van der Waals surface area contributed by atoms with Gasteiger partial charge in [0.15, 0.2) is 5.78 Å². The second-order valence-electron chi connectivity index (χ2n) is 18.1. The van der Waals surface area contributed by atoms with E-state index < -0.39 is 11.4 Å². The van der Waals surface area contributed by atoms with Crippen LogP contribution in [0.1, 0.15) is 151 Å². The van der Waals surface area contributed by atoms with Gasteiger partial charge in [-0.15, -0.1) is 0 Å². The van der Waals surface area contributed by atoms with E-state index in [0.717, 1.165) is 96.3 Å². The maximum absolute atomic E-state index is 14.5. The number of carbonyl (C=O) groups is 3. The molecule has 0 heterocycles. The summed E-state index contributed by atoms with van der Waals surface area (Å²) >= 11 is 0. The second kappa shape index (κ2) is 12.1. The van der Waals surface area contributed by atoms with Crippen LogP contribution < -0.4 is 5.32 Å². The van der Waals surface area contributed by atoms with Crippen LogP contribution in [0, 0.1) is 50.2 Å². The maximum Gasteiger partial charge on any atom is 0.303 e. The molecule has 0 aromatic heterocycles. The Labute approximate surface area is 273 Å². The van der Waals surface area contributed by atoms with Crippen molar-refractivity contribution in [3.63, 3.8) is 0 Å². The van der Waals surface area contributed by atoms with Crippen molar-refractivity contribution in [2.45, 2.75) is 157 Å². The lowest BCUT2D eigenvalue weighted by molar-refractivity contribution is -0.202.